The number of urea groups is 1. The first-order valence-electron chi connectivity index (χ1n) is 6.20. The average Bonchev–Trinajstić information content (AvgIpc) is 2.36. The Hall–Kier alpha value is -2.24. The first-order valence-corrected chi connectivity index (χ1v) is 6.20. The van der Waals surface area contributed by atoms with Crippen LogP contribution >= 0.6 is 0 Å². The molecule has 104 valence electrons. The van der Waals surface area contributed by atoms with E-state index in [0.717, 1.165) is 17.8 Å². The van der Waals surface area contributed by atoms with Gasteiger partial charge in [-0.15, -0.1) is 0 Å². The van der Waals surface area contributed by atoms with Crippen molar-refractivity contribution in [3.05, 3.63) is 29.3 Å². The first-order chi connectivity index (χ1) is 9.04. The number of rotatable bonds is 6. The van der Waals surface area contributed by atoms with E-state index < -0.39 is 6.03 Å². The molecule has 0 saturated carbocycles. The van der Waals surface area contributed by atoms with Gasteiger partial charge in [0, 0.05) is 30.9 Å². The van der Waals surface area contributed by atoms with Gasteiger partial charge in [0.1, 0.15) is 0 Å². The maximum absolute atomic E-state index is 11.8. The predicted octanol–water partition coefficient (Wildman–Crippen LogP) is 0.825. The largest absolute Gasteiger partial charge is 0.385 e. The summed E-state index contributed by atoms with van der Waals surface area (Å²) in [6.07, 6.45) is 0. The molecule has 0 bridgehead atoms. The lowest BCUT2D eigenvalue weighted by atomic mass is 10.1. The van der Waals surface area contributed by atoms with E-state index in [4.69, 9.17) is 5.73 Å². The van der Waals surface area contributed by atoms with Crippen molar-refractivity contribution in [1.29, 1.82) is 0 Å². The van der Waals surface area contributed by atoms with Gasteiger partial charge in [0.2, 0.25) is 0 Å². The van der Waals surface area contributed by atoms with Crippen LogP contribution in [0.1, 0.15) is 22.8 Å². The number of carbonyl (C=O) groups is 2. The molecule has 0 unspecified atom stereocenters. The van der Waals surface area contributed by atoms with Gasteiger partial charge in [-0.2, -0.15) is 0 Å². The summed E-state index contributed by atoms with van der Waals surface area (Å²) in [7, 11) is 0. The monoisotopic (exact) mass is 264 g/mol. The van der Waals surface area contributed by atoms with Gasteiger partial charge in [-0.1, -0.05) is 0 Å². The number of benzene rings is 1. The fourth-order valence-electron chi connectivity index (χ4n) is 1.66. The van der Waals surface area contributed by atoms with E-state index in [0.29, 0.717) is 18.7 Å². The van der Waals surface area contributed by atoms with Gasteiger partial charge < -0.3 is 21.7 Å². The molecule has 6 heteroatoms. The molecule has 0 aliphatic rings. The summed E-state index contributed by atoms with van der Waals surface area (Å²) in [6, 6.07) is 4.88. The van der Waals surface area contributed by atoms with Crippen molar-refractivity contribution in [2.45, 2.75) is 13.8 Å². The molecule has 6 nitrogen and oxygen atoms in total. The third kappa shape index (κ3) is 4.87. The van der Waals surface area contributed by atoms with E-state index in [2.05, 4.69) is 16.0 Å². The molecule has 1 rings (SSSR count). The second-order valence-corrected chi connectivity index (χ2v) is 4.11. The van der Waals surface area contributed by atoms with E-state index in [1.165, 1.54) is 0 Å². The number of hydrogen-bond donors (Lipinski definition) is 4. The number of carbonyl (C=O) groups excluding carboxylic acids is 2. The number of amides is 3. The summed E-state index contributed by atoms with van der Waals surface area (Å²) in [6.45, 7) is 5.46. The molecular weight excluding hydrogens is 244 g/mol. The van der Waals surface area contributed by atoms with Crippen molar-refractivity contribution in [3.63, 3.8) is 0 Å². The number of nitrogens with two attached hydrogens (primary N) is 1. The highest BCUT2D eigenvalue weighted by Crippen LogP contribution is 2.16. The summed E-state index contributed by atoms with van der Waals surface area (Å²) in [5, 5.41) is 8.32. The Kier molecular flexibility index (Phi) is 5.66. The molecule has 0 atom stereocenters. The van der Waals surface area contributed by atoms with E-state index in [-0.39, 0.29) is 5.91 Å². The van der Waals surface area contributed by atoms with Gasteiger partial charge in [-0.05, 0) is 37.6 Å². The lowest BCUT2D eigenvalue weighted by Crippen LogP contribution is -2.37. The van der Waals surface area contributed by atoms with Crippen LogP contribution in [0.2, 0.25) is 0 Å². The van der Waals surface area contributed by atoms with Crippen molar-refractivity contribution < 1.29 is 9.59 Å². The molecular formula is C13H20N4O2. The Balaban J connectivity index is 2.53. The highest BCUT2D eigenvalue weighted by molar-refractivity contribution is 5.94. The molecule has 3 amide bonds. The van der Waals surface area contributed by atoms with Crippen LogP contribution in [-0.2, 0) is 0 Å². The third-order valence-corrected chi connectivity index (χ3v) is 2.57. The van der Waals surface area contributed by atoms with E-state index >= 15 is 0 Å². The zero-order valence-electron chi connectivity index (χ0n) is 11.2. The molecule has 0 saturated heterocycles. The van der Waals surface area contributed by atoms with Gasteiger partial charge in [0.25, 0.3) is 5.91 Å². The standard InChI is InChI=1S/C13H20N4O2/c1-3-15-11-5-4-10(8-9(11)2)12(18)16-6-7-17-13(14)19/h4-5,8,15H,3,6-7H2,1-2H3,(H,16,18)(H3,14,17,19). The lowest BCUT2D eigenvalue weighted by molar-refractivity contribution is 0.0954. The van der Waals surface area contributed by atoms with Gasteiger partial charge in [0.15, 0.2) is 0 Å². The van der Waals surface area contributed by atoms with Crippen LogP contribution in [0.25, 0.3) is 0 Å². The smallest absolute Gasteiger partial charge is 0.312 e. The molecule has 0 aliphatic carbocycles. The van der Waals surface area contributed by atoms with Crippen molar-refractivity contribution in [1.82, 2.24) is 10.6 Å². The highest BCUT2D eigenvalue weighted by Gasteiger charge is 2.06. The summed E-state index contributed by atoms with van der Waals surface area (Å²) >= 11 is 0. The molecule has 0 spiro atoms. The molecule has 0 aromatic heterocycles. The topological polar surface area (TPSA) is 96.2 Å². The Morgan fingerprint density at radius 3 is 2.47 bits per heavy atom. The fourth-order valence-corrected chi connectivity index (χ4v) is 1.66. The maximum atomic E-state index is 11.8. The number of anilines is 1. The van der Waals surface area contributed by atoms with E-state index in [9.17, 15) is 9.59 Å². The number of nitrogens with one attached hydrogen (secondary N) is 3. The Labute approximate surface area is 112 Å². The molecule has 0 radical (unpaired) electrons. The summed E-state index contributed by atoms with van der Waals surface area (Å²) in [5.74, 6) is -0.169. The second kappa shape index (κ2) is 7.25. The predicted molar refractivity (Wildman–Crippen MR) is 75.3 cm³/mol. The van der Waals surface area contributed by atoms with Crippen molar-refractivity contribution in [2.75, 3.05) is 25.0 Å². The Bertz CT molecular complexity index is 460. The normalized spacial score (nSPS) is 9.79. The molecule has 19 heavy (non-hydrogen) atoms. The zero-order chi connectivity index (χ0) is 14.3. The number of primary amides is 1. The molecule has 1 aromatic rings. The van der Waals surface area contributed by atoms with Crippen LogP contribution in [-0.4, -0.2) is 31.6 Å². The van der Waals surface area contributed by atoms with Crippen LogP contribution in [0, 0.1) is 6.92 Å². The van der Waals surface area contributed by atoms with Crippen molar-refractivity contribution in [3.8, 4) is 0 Å². The van der Waals surface area contributed by atoms with Crippen LogP contribution in [0.5, 0.6) is 0 Å². The minimum absolute atomic E-state index is 0.169. The minimum Gasteiger partial charge on any atom is -0.385 e. The lowest BCUT2D eigenvalue weighted by Gasteiger charge is -2.10. The molecule has 5 N–H and O–H groups in total. The molecule has 0 aliphatic heterocycles. The average molecular weight is 264 g/mol. The fraction of sp³-hybridized carbons (Fsp3) is 0.385. The highest BCUT2D eigenvalue weighted by atomic mass is 16.2. The van der Waals surface area contributed by atoms with Gasteiger partial charge in [-0.3, -0.25) is 4.79 Å². The Morgan fingerprint density at radius 2 is 1.89 bits per heavy atom. The Morgan fingerprint density at radius 1 is 1.21 bits per heavy atom. The second-order valence-electron chi connectivity index (χ2n) is 4.11. The number of aryl methyl sites for hydroxylation is 1. The quantitative estimate of drug-likeness (QED) is 0.573. The van der Waals surface area contributed by atoms with Crippen LogP contribution in [0.15, 0.2) is 18.2 Å². The first kappa shape index (κ1) is 14.8. The van der Waals surface area contributed by atoms with Gasteiger partial charge in [-0.25, -0.2) is 4.79 Å². The van der Waals surface area contributed by atoms with E-state index in [1.54, 1.807) is 6.07 Å². The van der Waals surface area contributed by atoms with Crippen molar-refractivity contribution >= 4 is 17.6 Å². The SMILES string of the molecule is CCNc1ccc(C(=O)NCCNC(N)=O)cc1C. The molecule has 1 aromatic carbocycles. The van der Waals surface area contributed by atoms with Crippen LogP contribution < -0.4 is 21.7 Å². The number of hydrogen-bond acceptors (Lipinski definition) is 3. The summed E-state index contributed by atoms with van der Waals surface area (Å²) in [5.41, 5.74) is 7.55. The minimum atomic E-state index is -0.597. The van der Waals surface area contributed by atoms with E-state index in [1.807, 2.05) is 26.0 Å². The van der Waals surface area contributed by atoms with Gasteiger partial charge >= 0.3 is 6.03 Å². The van der Waals surface area contributed by atoms with Crippen LogP contribution in [0.4, 0.5) is 10.5 Å². The van der Waals surface area contributed by atoms with Crippen LogP contribution in [0.3, 0.4) is 0 Å². The molecule has 0 fully saturated rings. The summed E-state index contributed by atoms with van der Waals surface area (Å²) in [4.78, 5) is 22.3. The molecule has 0 heterocycles. The van der Waals surface area contributed by atoms with Gasteiger partial charge in [0.05, 0.1) is 0 Å². The zero-order valence-corrected chi connectivity index (χ0v) is 11.2. The summed E-state index contributed by atoms with van der Waals surface area (Å²) < 4.78 is 0. The van der Waals surface area contributed by atoms with Crippen molar-refractivity contribution in [2.24, 2.45) is 5.73 Å². The maximum Gasteiger partial charge on any atom is 0.312 e. The third-order valence-electron chi connectivity index (χ3n) is 2.57.